The lowest BCUT2D eigenvalue weighted by Crippen LogP contribution is -2.35. The number of benzene rings is 1. The molecule has 1 aromatic carbocycles. The zero-order valence-electron chi connectivity index (χ0n) is 15.6. The van der Waals surface area contributed by atoms with Crippen LogP contribution in [0.25, 0.3) is 11.1 Å². The molecule has 3 rings (SSSR count). The summed E-state index contributed by atoms with van der Waals surface area (Å²) in [6.45, 7) is 0. The molecular formula is C19H17ClN4O5. The van der Waals surface area contributed by atoms with Crippen LogP contribution in [0, 0.1) is 11.3 Å². The molecule has 0 spiro atoms. The summed E-state index contributed by atoms with van der Waals surface area (Å²) in [7, 11) is 3.01. The Morgan fingerprint density at radius 2 is 2.21 bits per heavy atom. The molecule has 1 aromatic heterocycles. The smallest absolute Gasteiger partial charge is 0.326 e. The van der Waals surface area contributed by atoms with E-state index in [1.54, 1.807) is 19.2 Å². The number of aliphatic carboxylic acids is 1. The first-order valence-corrected chi connectivity index (χ1v) is 8.87. The monoisotopic (exact) mass is 416 g/mol. The molecule has 0 aliphatic carbocycles. The highest BCUT2D eigenvalue weighted by molar-refractivity contribution is 6.31. The van der Waals surface area contributed by atoms with Crippen LogP contribution >= 0.6 is 11.6 Å². The molecule has 9 nitrogen and oxygen atoms in total. The summed E-state index contributed by atoms with van der Waals surface area (Å²) in [4.78, 5) is 33.8. The predicted octanol–water partition coefficient (Wildman–Crippen LogP) is 2.30. The number of hydroxylamine groups is 2. The van der Waals surface area contributed by atoms with Crippen molar-refractivity contribution >= 4 is 24.0 Å². The number of rotatable bonds is 6. The van der Waals surface area contributed by atoms with Crippen molar-refractivity contribution in [3.05, 3.63) is 51.4 Å². The number of aromatic nitrogens is 1. The minimum Gasteiger partial charge on any atom is -0.495 e. The van der Waals surface area contributed by atoms with Crippen molar-refractivity contribution in [2.45, 2.75) is 18.6 Å². The van der Waals surface area contributed by atoms with Crippen LogP contribution in [0.4, 0.5) is 0 Å². The fraction of sp³-hybridized carbons (Fsp3) is 0.263. The van der Waals surface area contributed by atoms with Gasteiger partial charge in [0.1, 0.15) is 18.0 Å². The van der Waals surface area contributed by atoms with E-state index < -0.39 is 23.7 Å². The van der Waals surface area contributed by atoms with Crippen molar-refractivity contribution in [2.24, 2.45) is 4.99 Å². The van der Waals surface area contributed by atoms with Gasteiger partial charge in [-0.3, -0.25) is 9.36 Å². The van der Waals surface area contributed by atoms with Crippen LogP contribution in [0.1, 0.15) is 18.0 Å². The highest BCUT2D eigenvalue weighted by Gasteiger charge is 2.30. The summed E-state index contributed by atoms with van der Waals surface area (Å²) in [5, 5.41) is 20.9. The Hall–Kier alpha value is -3.35. The van der Waals surface area contributed by atoms with E-state index in [-0.39, 0.29) is 12.2 Å². The number of carbonyl (C=O) groups is 1. The molecule has 150 valence electrons. The number of carboxylic acid groups (broad SMARTS) is 1. The van der Waals surface area contributed by atoms with Crippen LogP contribution in [-0.2, 0) is 9.63 Å². The van der Waals surface area contributed by atoms with Gasteiger partial charge >= 0.3 is 5.97 Å². The van der Waals surface area contributed by atoms with Crippen molar-refractivity contribution in [3.63, 3.8) is 0 Å². The molecule has 0 amide bonds. The molecule has 0 radical (unpaired) electrons. The lowest BCUT2D eigenvalue weighted by atomic mass is 10.00. The molecule has 1 aliphatic rings. The maximum absolute atomic E-state index is 12.8. The molecule has 0 fully saturated rings. The molecular weight excluding hydrogens is 400 g/mol. The quantitative estimate of drug-likeness (QED) is 0.767. The van der Waals surface area contributed by atoms with Gasteiger partial charge in [0, 0.05) is 35.7 Å². The lowest BCUT2D eigenvalue weighted by molar-refractivity contribution is -0.142. The van der Waals surface area contributed by atoms with Gasteiger partial charge in [-0.1, -0.05) is 11.6 Å². The third kappa shape index (κ3) is 4.08. The van der Waals surface area contributed by atoms with E-state index in [1.807, 2.05) is 6.07 Å². The summed E-state index contributed by atoms with van der Waals surface area (Å²) in [5.41, 5.74) is 0.499. The van der Waals surface area contributed by atoms with Gasteiger partial charge in [0.15, 0.2) is 6.40 Å². The predicted molar refractivity (Wildman–Crippen MR) is 105 cm³/mol. The van der Waals surface area contributed by atoms with Crippen molar-refractivity contribution < 1.29 is 19.5 Å². The number of nitrogens with zero attached hydrogens (tertiary/aromatic N) is 4. The van der Waals surface area contributed by atoms with Gasteiger partial charge in [-0.2, -0.15) is 5.26 Å². The summed E-state index contributed by atoms with van der Waals surface area (Å²) in [6.07, 6.45) is 1.99. The van der Waals surface area contributed by atoms with E-state index in [4.69, 9.17) is 21.2 Å². The third-order valence-corrected chi connectivity index (χ3v) is 4.81. The van der Waals surface area contributed by atoms with E-state index in [2.05, 4.69) is 4.99 Å². The standard InChI is InChI=1S/C19H17ClN4O5/c1-23-17(22-10-29-23)7-15(19(26)27)24-9-16(28-2)14(6-18(24)25)13-5-12(20)4-3-11(13)8-21/h3-6,9-10,15,17H,7H2,1-2H3,(H,26,27). The average molecular weight is 417 g/mol. The molecule has 0 saturated carbocycles. The van der Waals surface area contributed by atoms with E-state index in [1.165, 1.54) is 36.9 Å². The molecule has 29 heavy (non-hydrogen) atoms. The zero-order valence-corrected chi connectivity index (χ0v) is 16.3. The Balaban J connectivity index is 2.10. The van der Waals surface area contributed by atoms with Crippen LogP contribution in [0.3, 0.4) is 0 Å². The highest BCUT2D eigenvalue weighted by atomic mass is 35.5. The number of methoxy groups -OCH3 is 1. The SMILES string of the molecule is COc1cn(C(CC2N=CON2C)C(=O)O)c(=O)cc1-c1cc(Cl)ccc1C#N. The van der Waals surface area contributed by atoms with Gasteiger partial charge in [-0.25, -0.2) is 9.79 Å². The second-order valence-corrected chi connectivity index (χ2v) is 6.72. The second-order valence-electron chi connectivity index (χ2n) is 6.28. The number of carboxylic acids is 1. The number of ether oxygens (including phenoxy) is 1. The maximum Gasteiger partial charge on any atom is 0.326 e. The van der Waals surface area contributed by atoms with Gasteiger partial charge in [0.25, 0.3) is 5.56 Å². The van der Waals surface area contributed by atoms with Crippen LogP contribution in [0.15, 0.2) is 40.2 Å². The fourth-order valence-corrected chi connectivity index (χ4v) is 3.23. The number of pyridine rings is 1. The minimum absolute atomic E-state index is 0.00531. The van der Waals surface area contributed by atoms with E-state index in [0.29, 0.717) is 21.7 Å². The minimum atomic E-state index is -1.20. The van der Waals surface area contributed by atoms with E-state index in [0.717, 1.165) is 4.57 Å². The van der Waals surface area contributed by atoms with Crippen LogP contribution in [-0.4, -0.2) is 47.4 Å². The molecule has 2 heterocycles. The molecule has 2 unspecified atom stereocenters. The Bertz CT molecular complexity index is 1080. The normalized spacial score (nSPS) is 16.8. The van der Waals surface area contributed by atoms with Gasteiger partial charge in [0.05, 0.1) is 24.9 Å². The van der Waals surface area contributed by atoms with Crippen LogP contribution in [0.5, 0.6) is 5.75 Å². The Morgan fingerprint density at radius 1 is 1.45 bits per heavy atom. The van der Waals surface area contributed by atoms with Crippen molar-refractivity contribution in [1.29, 1.82) is 5.26 Å². The van der Waals surface area contributed by atoms with E-state index >= 15 is 0 Å². The maximum atomic E-state index is 12.8. The average Bonchev–Trinajstić information content (AvgIpc) is 3.10. The van der Waals surface area contributed by atoms with Crippen molar-refractivity contribution in [1.82, 2.24) is 9.63 Å². The Kier molecular flexibility index (Phi) is 5.87. The number of hydrogen-bond donors (Lipinski definition) is 1. The topological polar surface area (TPSA) is 117 Å². The van der Waals surface area contributed by atoms with Crippen molar-refractivity contribution in [3.8, 4) is 22.9 Å². The van der Waals surface area contributed by atoms with Gasteiger partial charge in [-0.15, -0.1) is 5.06 Å². The molecule has 1 N–H and O–H groups in total. The van der Waals surface area contributed by atoms with Crippen molar-refractivity contribution in [2.75, 3.05) is 14.2 Å². The summed E-state index contributed by atoms with van der Waals surface area (Å²) < 4.78 is 6.46. The Morgan fingerprint density at radius 3 is 2.79 bits per heavy atom. The second kappa shape index (κ2) is 8.34. The van der Waals surface area contributed by atoms with Gasteiger partial charge < -0.3 is 14.7 Å². The third-order valence-electron chi connectivity index (χ3n) is 4.58. The number of nitriles is 1. The largest absolute Gasteiger partial charge is 0.495 e. The van der Waals surface area contributed by atoms with Crippen LogP contribution in [0.2, 0.25) is 5.02 Å². The first-order chi connectivity index (χ1) is 13.8. The number of aliphatic imine (C=N–C) groups is 1. The highest BCUT2D eigenvalue weighted by Crippen LogP contribution is 2.33. The molecule has 2 aromatic rings. The van der Waals surface area contributed by atoms with Crippen LogP contribution < -0.4 is 10.3 Å². The Labute approximate surface area is 170 Å². The molecule has 10 heteroatoms. The lowest BCUT2D eigenvalue weighted by Gasteiger charge is -2.22. The number of hydrogen-bond acceptors (Lipinski definition) is 7. The summed E-state index contributed by atoms with van der Waals surface area (Å²) >= 11 is 6.05. The fourth-order valence-electron chi connectivity index (χ4n) is 3.06. The molecule has 1 aliphatic heterocycles. The molecule has 2 atom stereocenters. The number of halogens is 1. The summed E-state index contributed by atoms with van der Waals surface area (Å²) in [5.74, 6) is -0.966. The first-order valence-electron chi connectivity index (χ1n) is 8.50. The molecule has 0 saturated heterocycles. The van der Waals surface area contributed by atoms with E-state index in [9.17, 15) is 20.0 Å². The summed E-state index contributed by atoms with van der Waals surface area (Å²) in [6, 6.07) is 6.74. The van der Waals surface area contributed by atoms with Gasteiger partial charge in [0.2, 0.25) is 0 Å². The zero-order chi connectivity index (χ0) is 21.1. The molecule has 0 bridgehead atoms. The van der Waals surface area contributed by atoms with Gasteiger partial charge in [-0.05, 0) is 18.2 Å². The first kappa shape index (κ1) is 20.4.